The molecule has 5 nitrogen and oxygen atoms in total. The van der Waals surface area contributed by atoms with Crippen molar-refractivity contribution in [2.24, 2.45) is 0 Å². The smallest absolute Gasteiger partial charge is 0.549 e. The van der Waals surface area contributed by atoms with Crippen molar-refractivity contribution < 1.29 is 53.7 Å². The van der Waals surface area contributed by atoms with Crippen LogP contribution in [0.2, 0.25) is 10.0 Å². The molecule has 8 heteroatoms. The molecule has 0 N–H and O–H groups in total. The van der Waals surface area contributed by atoms with Crippen LogP contribution in [0.25, 0.3) is 0 Å². The van der Waals surface area contributed by atoms with Crippen molar-refractivity contribution in [3.63, 3.8) is 0 Å². The average Bonchev–Trinajstić information content (AvgIpc) is 3.70. The van der Waals surface area contributed by atoms with Gasteiger partial charge in [-0.05, 0) is 91.6 Å². The molecule has 1 atom stereocenters. The summed E-state index contributed by atoms with van der Waals surface area (Å²) >= 11 is 12.2. The first-order valence-corrected chi connectivity index (χ1v) is 12.9. The van der Waals surface area contributed by atoms with E-state index in [-0.39, 0.29) is 35.3 Å². The number of carboxylic acid groups (broad SMARTS) is 1. The number of carbonyl (C=O) groups excluding carboxylic acids is 2. The van der Waals surface area contributed by atoms with Crippen LogP contribution in [0, 0.1) is 0 Å². The fourth-order valence-electron chi connectivity index (χ4n) is 4.63. The van der Waals surface area contributed by atoms with Gasteiger partial charge in [-0.25, -0.2) is 0 Å². The molecule has 1 unspecified atom stereocenters. The first-order valence-electron chi connectivity index (χ1n) is 12.2. The standard InChI is InChI=1S/C29H26Cl2O5.Na/c30-20-9-6-18(25(31)14-20)2-1-3-26(32)19-7-10-21(11-8-19)36-28-16-27-24(15-23(28)17-4-5-17)22(29(33)34)12-13-35-27;/h6-11,14-17,22H,1-5,12-13H2,(H,33,34);/q;+1/p-1. The fraction of sp³-hybridized carbons (Fsp3) is 0.310. The van der Waals surface area contributed by atoms with Crippen LogP contribution in [0.1, 0.15) is 71.0 Å². The van der Waals surface area contributed by atoms with Gasteiger partial charge in [-0.15, -0.1) is 0 Å². The molecular weight excluding hydrogens is 522 g/mol. The van der Waals surface area contributed by atoms with Gasteiger partial charge in [-0.2, -0.15) is 0 Å². The van der Waals surface area contributed by atoms with Gasteiger partial charge in [0.2, 0.25) is 0 Å². The number of halogens is 2. The van der Waals surface area contributed by atoms with E-state index < -0.39 is 11.9 Å². The Morgan fingerprint density at radius 2 is 1.73 bits per heavy atom. The second kappa shape index (κ2) is 12.2. The van der Waals surface area contributed by atoms with Gasteiger partial charge in [0.15, 0.2) is 5.78 Å². The monoisotopic (exact) mass is 546 g/mol. The number of ketones is 1. The van der Waals surface area contributed by atoms with E-state index in [2.05, 4.69) is 0 Å². The molecular formula is C29H25Cl2NaO5. The summed E-state index contributed by atoms with van der Waals surface area (Å²) < 4.78 is 11.9. The zero-order chi connectivity index (χ0) is 25.2. The van der Waals surface area contributed by atoms with Crippen LogP contribution < -0.4 is 44.1 Å². The third-order valence-electron chi connectivity index (χ3n) is 6.75. The summed E-state index contributed by atoms with van der Waals surface area (Å²) in [6, 6.07) is 16.2. The van der Waals surface area contributed by atoms with Crippen molar-refractivity contribution in [1.82, 2.24) is 0 Å². The van der Waals surface area contributed by atoms with Gasteiger partial charge in [-0.3, -0.25) is 4.79 Å². The van der Waals surface area contributed by atoms with Crippen LogP contribution in [0.4, 0.5) is 0 Å². The van der Waals surface area contributed by atoms with E-state index >= 15 is 0 Å². The maximum Gasteiger partial charge on any atom is 1.00 e. The Bertz CT molecular complexity index is 1300. The van der Waals surface area contributed by atoms with Crippen molar-refractivity contribution in [2.75, 3.05) is 6.61 Å². The second-order valence-electron chi connectivity index (χ2n) is 9.35. The minimum atomic E-state index is -1.08. The Morgan fingerprint density at radius 1 is 0.973 bits per heavy atom. The first kappa shape index (κ1) is 28.0. The number of ether oxygens (including phenoxy) is 2. The summed E-state index contributed by atoms with van der Waals surface area (Å²) in [5, 5.41) is 12.8. The fourth-order valence-corrected chi connectivity index (χ4v) is 5.13. The van der Waals surface area contributed by atoms with Crippen LogP contribution in [-0.4, -0.2) is 18.4 Å². The minimum Gasteiger partial charge on any atom is -0.549 e. The normalized spacial score (nSPS) is 16.2. The summed E-state index contributed by atoms with van der Waals surface area (Å²) in [4.78, 5) is 24.3. The summed E-state index contributed by atoms with van der Waals surface area (Å²) in [5.74, 6) is 0.462. The summed E-state index contributed by atoms with van der Waals surface area (Å²) in [5.41, 5.74) is 3.25. The molecule has 186 valence electrons. The second-order valence-corrected chi connectivity index (χ2v) is 10.2. The van der Waals surface area contributed by atoms with Crippen molar-refractivity contribution in [3.05, 3.63) is 86.9 Å². The number of benzene rings is 3. The molecule has 0 radical (unpaired) electrons. The topological polar surface area (TPSA) is 75.7 Å². The molecule has 37 heavy (non-hydrogen) atoms. The van der Waals surface area contributed by atoms with E-state index in [4.69, 9.17) is 32.7 Å². The maximum absolute atomic E-state index is 12.7. The number of aliphatic carboxylic acids is 1. The van der Waals surface area contributed by atoms with E-state index in [1.165, 1.54) is 0 Å². The molecule has 1 fully saturated rings. The van der Waals surface area contributed by atoms with E-state index in [9.17, 15) is 14.7 Å². The molecule has 2 aliphatic rings. The number of rotatable bonds is 9. The number of carboxylic acids is 1. The van der Waals surface area contributed by atoms with E-state index in [1.54, 1.807) is 42.5 Å². The third kappa shape index (κ3) is 6.71. The number of aryl methyl sites for hydroxylation is 1. The number of fused-ring (bicyclic) bond motifs is 1. The van der Waals surface area contributed by atoms with Gasteiger partial charge < -0.3 is 19.4 Å². The Morgan fingerprint density at radius 3 is 2.41 bits per heavy atom. The van der Waals surface area contributed by atoms with Gasteiger partial charge in [-0.1, -0.05) is 29.3 Å². The largest absolute Gasteiger partial charge is 1.00 e. The Hall–Kier alpha value is -2.02. The molecule has 0 bridgehead atoms. The van der Waals surface area contributed by atoms with Crippen molar-refractivity contribution in [3.8, 4) is 17.2 Å². The zero-order valence-corrected chi connectivity index (χ0v) is 24.1. The zero-order valence-electron chi connectivity index (χ0n) is 20.6. The van der Waals surface area contributed by atoms with Crippen LogP contribution >= 0.6 is 23.2 Å². The molecule has 1 aliphatic carbocycles. The predicted octanol–water partition coefficient (Wildman–Crippen LogP) is 3.49. The molecule has 5 rings (SSSR count). The Kier molecular flexibility index (Phi) is 9.25. The van der Waals surface area contributed by atoms with Crippen molar-refractivity contribution in [1.29, 1.82) is 0 Å². The molecule has 0 saturated heterocycles. The summed E-state index contributed by atoms with van der Waals surface area (Å²) in [6.45, 7) is 0.328. The number of hydrogen-bond acceptors (Lipinski definition) is 5. The quantitative estimate of drug-likeness (QED) is 0.303. The molecule has 3 aromatic carbocycles. The van der Waals surface area contributed by atoms with E-state index in [0.29, 0.717) is 76.6 Å². The molecule has 0 spiro atoms. The van der Waals surface area contributed by atoms with Crippen LogP contribution in [0.3, 0.4) is 0 Å². The van der Waals surface area contributed by atoms with Crippen LogP contribution in [0.5, 0.6) is 17.2 Å². The van der Waals surface area contributed by atoms with Gasteiger partial charge >= 0.3 is 29.6 Å². The summed E-state index contributed by atoms with van der Waals surface area (Å²) in [6.07, 6.45) is 4.28. The first-order chi connectivity index (χ1) is 17.4. The predicted molar refractivity (Wildman–Crippen MR) is 137 cm³/mol. The van der Waals surface area contributed by atoms with Crippen LogP contribution in [-0.2, 0) is 11.2 Å². The molecule has 0 aromatic heterocycles. The van der Waals surface area contributed by atoms with Crippen molar-refractivity contribution in [2.45, 2.75) is 50.4 Å². The SMILES string of the molecule is O=C(CCCc1ccc(Cl)cc1Cl)c1ccc(Oc2cc3c(cc2C2CC2)C(C(=O)[O-])CCO3)cc1.[Na+]. The molecule has 0 amide bonds. The summed E-state index contributed by atoms with van der Waals surface area (Å²) in [7, 11) is 0. The molecule has 1 aliphatic heterocycles. The number of carbonyl (C=O) groups is 2. The van der Waals surface area contributed by atoms with Crippen LogP contribution in [0.15, 0.2) is 54.6 Å². The van der Waals surface area contributed by atoms with Gasteiger partial charge in [0.1, 0.15) is 17.2 Å². The van der Waals surface area contributed by atoms with Gasteiger partial charge in [0, 0.05) is 45.5 Å². The van der Waals surface area contributed by atoms with Gasteiger partial charge in [0.25, 0.3) is 0 Å². The average molecular weight is 547 g/mol. The van der Waals surface area contributed by atoms with E-state index in [0.717, 1.165) is 24.0 Å². The Labute approximate surface area is 248 Å². The van der Waals surface area contributed by atoms with Gasteiger partial charge in [0.05, 0.1) is 6.61 Å². The molecule has 1 heterocycles. The third-order valence-corrected chi connectivity index (χ3v) is 7.34. The van der Waals surface area contributed by atoms with E-state index in [1.807, 2.05) is 12.1 Å². The number of Topliss-reactive ketones (excluding diaryl/α,β-unsaturated/α-hetero) is 1. The Balaban J connectivity index is 0.00000320. The van der Waals surface area contributed by atoms with Crippen molar-refractivity contribution >= 4 is 35.0 Å². The maximum atomic E-state index is 12.7. The number of hydrogen-bond donors (Lipinski definition) is 0. The minimum absolute atomic E-state index is 0. The molecule has 1 saturated carbocycles. The molecule has 3 aromatic rings.